The Morgan fingerprint density at radius 3 is 3.06 bits per heavy atom. The van der Waals surface area contributed by atoms with E-state index >= 15 is 0 Å². The van der Waals surface area contributed by atoms with Crippen LogP contribution in [0.1, 0.15) is 0 Å². The van der Waals surface area contributed by atoms with E-state index in [4.69, 9.17) is 0 Å². The van der Waals surface area contributed by atoms with Crippen LogP contribution in [0, 0.1) is 10.8 Å². The fraction of sp³-hybridized carbons (Fsp3) is 0.667. The minimum atomic E-state index is -3.75. The molecule has 8 heteroatoms. The van der Waals surface area contributed by atoms with Crippen molar-refractivity contribution in [3.63, 3.8) is 0 Å². The molecule has 3 unspecified atom stereocenters. The molecule has 3 aliphatic rings. The number of carbonyl (C=O) groups is 1. The number of nitrogens with zero attached hydrogens (tertiary/aromatic N) is 1. The number of rotatable bonds is 0. The van der Waals surface area contributed by atoms with Crippen molar-refractivity contribution >= 4 is 5.78 Å². The van der Waals surface area contributed by atoms with Crippen molar-refractivity contribution in [1.82, 2.24) is 5.32 Å². The highest BCUT2D eigenvalue weighted by Crippen LogP contribution is 2.45. The molecule has 0 aromatic rings. The molecule has 1 N–H and O–H groups in total. The van der Waals surface area contributed by atoms with Crippen LogP contribution in [0.4, 0.5) is 8.78 Å². The number of alkyl halides is 2. The number of ether oxygens (including phenoxy) is 2. The number of halogens is 2. The number of nitroso groups, excluding NO2 is 1. The van der Waals surface area contributed by atoms with Crippen LogP contribution in [0.2, 0.25) is 0 Å². The molecule has 17 heavy (non-hydrogen) atoms. The molecule has 2 heterocycles. The number of allylic oxidation sites excluding steroid dienone is 1. The predicted octanol–water partition coefficient (Wildman–Crippen LogP) is -0.257. The summed E-state index contributed by atoms with van der Waals surface area (Å²) in [6, 6.07) is 0. The summed E-state index contributed by atoms with van der Waals surface area (Å²) in [7, 11) is 0. The molecular weight excluding hydrogens is 238 g/mol. The van der Waals surface area contributed by atoms with E-state index in [1.165, 1.54) is 6.08 Å². The molecule has 0 radical (unpaired) electrons. The van der Waals surface area contributed by atoms with Crippen molar-refractivity contribution in [3.8, 4) is 0 Å². The van der Waals surface area contributed by atoms with Gasteiger partial charge in [-0.15, -0.1) is 8.78 Å². The minimum absolute atomic E-state index is 0.187. The zero-order chi connectivity index (χ0) is 12.3. The Morgan fingerprint density at radius 1 is 1.53 bits per heavy atom. The molecule has 1 aliphatic carbocycles. The highest BCUT2D eigenvalue weighted by molar-refractivity contribution is 5.94. The number of hydrogen-bond donors (Lipinski definition) is 1. The Bertz CT molecular complexity index is 439. The van der Waals surface area contributed by atoms with Gasteiger partial charge in [-0.1, -0.05) is 0 Å². The number of ketones is 1. The Hall–Kier alpha value is -1.25. The average Bonchev–Trinajstić information content (AvgIpc) is 2.51. The van der Waals surface area contributed by atoms with Gasteiger partial charge in [0.15, 0.2) is 11.5 Å². The van der Waals surface area contributed by atoms with E-state index in [1.807, 2.05) is 0 Å². The minimum Gasteiger partial charge on any atom is -0.294 e. The van der Waals surface area contributed by atoms with E-state index in [9.17, 15) is 18.5 Å². The van der Waals surface area contributed by atoms with Crippen molar-refractivity contribution < 1.29 is 27.8 Å². The van der Waals surface area contributed by atoms with Crippen molar-refractivity contribution in [2.45, 2.75) is 18.1 Å². The van der Waals surface area contributed by atoms with Crippen molar-refractivity contribution in [2.75, 3.05) is 13.2 Å². The average molecular weight is 247 g/mol. The second-order valence-corrected chi connectivity index (χ2v) is 4.21. The van der Waals surface area contributed by atoms with Crippen LogP contribution in [0.25, 0.3) is 0 Å². The highest BCUT2D eigenvalue weighted by atomic mass is 19.3. The smallest absolute Gasteiger partial charge is 0.294 e. The van der Waals surface area contributed by atoms with E-state index < -0.39 is 29.8 Å². The zero-order valence-corrected chi connectivity index (χ0v) is 8.56. The van der Waals surface area contributed by atoms with Crippen molar-refractivity contribution in [1.29, 1.82) is 0 Å². The van der Waals surface area contributed by atoms with Gasteiger partial charge >= 0.3 is 6.29 Å². The summed E-state index contributed by atoms with van der Waals surface area (Å²) in [4.78, 5) is 22.9. The largest absolute Gasteiger partial charge is 0.488 e. The molecule has 3 rings (SSSR count). The Morgan fingerprint density at radius 2 is 2.29 bits per heavy atom. The molecule has 1 spiro atoms. The highest BCUT2D eigenvalue weighted by Gasteiger charge is 2.67. The van der Waals surface area contributed by atoms with Gasteiger partial charge in [0.2, 0.25) is 13.2 Å². The summed E-state index contributed by atoms with van der Waals surface area (Å²) in [6.45, 7) is -0.375. The Balaban J connectivity index is 2.04. The van der Waals surface area contributed by atoms with Crippen LogP contribution >= 0.6 is 0 Å². The van der Waals surface area contributed by atoms with E-state index in [1.54, 1.807) is 0 Å². The van der Waals surface area contributed by atoms with Crippen molar-refractivity contribution in [2.24, 2.45) is 5.92 Å². The molecule has 2 aliphatic heterocycles. The SMILES string of the molecule is O=C1C=CC2OC(F)(F)OC23NC[N+](=O)CC13. The number of carbonyl (C=O) groups excluding carboxylic acids is 1. The lowest BCUT2D eigenvalue weighted by atomic mass is 9.81. The molecule has 2 saturated heterocycles. The van der Waals surface area contributed by atoms with Crippen LogP contribution in [-0.2, 0) is 14.3 Å². The molecule has 0 aromatic heterocycles. The molecule has 0 aromatic carbocycles. The first-order valence-electron chi connectivity index (χ1n) is 5.08. The third kappa shape index (κ3) is 1.44. The Kier molecular flexibility index (Phi) is 2.02. The van der Waals surface area contributed by atoms with E-state index in [0.717, 1.165) is 6.08 Å². The van der Waals surface area contributed by atoms with Gasteiger partial charge in [0, 0.05) is 9.67 Å². The lowest BCUT2D eigenvalue weighted by Gasteiger charge is -2.39. The molecule has 6 nitrogen and oxygen atoms in total. The van der Waals surface area contributed by atoms with Crippen LogP contribution in [0.3, 0.4) is 0 Å². The summed E-state index contributed by atoms with van der Waals surface area (Å²) < 4.78 is 35.8. The van der Waals surface area contributed by atoms with Gasteiger partial charge in [0.25, 0.3) is 0 Å². The maximum Gasteiger partial charge on any atom is 0.488 e. The van der Waals surface area contributed by atoms with Gasteiger partial charge in [-0.2, -0.15) is 0 Å². The van der Waals surface area contributed by atoms with Crippen LogP contribution in [0.15, 0.2) is 12.2 Å². The summed E-state index contributed by atoms with van der Waals surface area (Å²) in [5, 5.41) is 2.55. The summed E-state index contributed by atoms with van der Waals surface area (Å²) in [5.74, 6) is -1.41. The first-order chi connectivity index (χ1) is 7.93. The number of hydrogen-bond acceptors (Lipinski definition) is 5. The third-order valence-corrected chi connectivity index (χ3v) is 3.19. The third-order valence-electron chi connectivity index (χ3n) is 3.19. The molecule has 92 valence electrons. The predicted molar refractivity (Wildman–Crippen MR) is 47.8 cm³/mol. The van der Waals surface area contributed by atoms with Gasteiger partial charge in [-0.3, -0.25) is 14.3 Å². The van der Waals surface area contributed by atoms with Crippen molar-refractivity contribution in [3.05, 3.63) is 17.1 Å². The second kappa shape index (κ2) is 3.15. The molecule has 0 bridgehead atoms. The Labute approximate surface area is 94.1 Å². The van der Waals surface area contributed by atoms with Gasteiger partial charge in [0.1, 0.15) is 12.0 Å². The lowest BCUT2D eigenvalue weighted by molar-refractivity contribution is -0.582. The second-order valence-electron chi connectivity index (χ2n) is 4.21. The first-order valence-corrected chi connectivity index (χ1v) is 5.08. The topological polar surface area (TPSA) is 67.6 Å². The lowest BCUT2D eigenvalue weighted by Crippen LogP contribution is -2.67. The molecule has 0 saturated carbocycles. The standard InChI is InChI=1S/C9H9F2N2O4/c10-9(11)16-7-2-1-6(14)5-3-13(15)4-12-8(5,7)17-9/h1-2,5,7,12H,3-4H2/q+1. The van der Waals surface area contributed by atoms with Crippen LogP contribution in [0.5, 0.6) is 0 Å². The summed E-state index contributed by atoms with van der Waals surface area (Å²) in [6.07, 6.45) is -2.45. The number of nitrogens with one attached hydrogen (secondary N) is 1. The monoisotopic (exact) mass is 247 g/mol. The first kappa shape index (κ1) is 10.9. The van der Waals surface area contributed by atoms with Gasteiger partial charge in [-0.25, -0.2) is 5.32 Å². The molecule has 3 atom stereocenters. The zero-order valence-electron chi connectivity index (χ0n) is 8.56. The van der Waals surface area contributed by atoms with E-state index in [0.29, 0.717) is 4.76 Å². The van der Waals surface area contributed by atoms with E-state index in [-0.39, 0.29) is 13.2 Å². The fourth-order valence-electron chi connectivity index (χ4n) is 2.44. The van der Waals surface area contributed by atoms with Crippen LogP contribution in [-0.4, -0.2) is 41.9 Å². The van der Waals surface area contributed by atoms with Crippen LogP contribution < -0.4 is 5.32 Å². The maximum atomic E-state index is 13.1. The summed E-state index contributed by atoms with van der Waals surface area (Å²) >= 11 is 0. The normalized spacial score (nSPS) is 43.4. The van der Waals surface area contributed by atoms with E-state index in [2.05, 4.69) is 14.8 Å². The van der Waals surface area contributed by atoms with Gasteiger partial charge < -0.3 is 0 Å². The van der Waals surface area contributed by atoms with Gasteiger partial charge in [0.05, 0.1) is 0 Å². The summed E-state index contributed by atoms with van der Waals surface area (Å²) in [5.41, 5.74) is -1.63. The molecular formula is C9H9F2N2O4+. The maximum absolute atomic E-state index is 13.1. The fourth-order valence-corrected chi connectivity index (χ4v) is 2.44. The quantitative estimate of drug-likeness (QED) is 0.597. The molecule has 0 amide bonds. The molecule has 2 fully saturated rings. The van der Waals surface area contributed by atoms with Gasteiger partial charge in [-0.05, 0) is 12.2 Å².